The molecule has 0 aromatic heterocycles. The van der Waals surface area contributed by atoms with Gasteiger partial charge in [-0.2, -0.15) is 13.2 Å². The number of nitrogens with zero attached hydrogens (tertiary/aromatic N) is 3. The highest BCUT2D eigenvalue weighted by Gasteiger charge is 2.37. The van der Waals surface area contributed by atoms with E-state index in [0.29, 0.717) is 25.1 Å². The summed E-state index contributed by atoms with van der Waals surface area (Å²) in [7, 11) is 4.46. The fourth-order valence-corrected chi connectivity index (χ4v) is 3.93. The molecule has 2 aromatic carbocycles. The van der Waals surface area contributed by atoms with Crippen molar-refractivity contribution in [1.82, 2.24) is 0 Å². The van der Waals surface area contributed by atoms with Gasteiger partial charge in [-0.15, -0.1) is 9.24 Å². The van der Waals surface area contributed by atoms with Gasteiger partial charge in [-0.3, -0.25) is 15.0 Å². The lowest BCUT2D eigenvalue weighted by Crippen LogP contribution is -2.18. The van der Waals surface area contributed by atoms with E-state index in [9.17, 15) is 22.0 Å². The molecule has 3 rings (SSSR count). The second-order valence-electron chi connectivity index (χ2n) is 8.50. The van der Waals surface area contributed by atoms with Gasteiger partial charge >= 0.3 is 6.18 Å². The highest BCUT2D eigenvalue weighted by Crippen LogP contribution is 2.38. The Morgan fingerprint density at radius 2 is 1.74 bits per heavy atom. The number of hydrogen-bond acceptors (Lipinski definition) is 3. The van der Waals surface area contributed by atoms with Crippen molar-refractivity contribution in [2.24, 2.45) is 15.0 Å². The van der Waals surface area contributed by atoms with Crippen LogP contribution in [0.4, 0.5) is 22.0 Å². The van der Waals surface area contributed by atoms with E-state index in [1.54, 1.807) is 13.3 Å². The Kier molecular flexibility index (Phi) is 10.6. The van der Waals surface area contributed by atoms with E-state index < -0.39 is 23.2 Å². The van der Waals surface area contributed by atoms with Crippen LogP contribution in [0.5, 0.6) is 0 Å². The number of halogens is 5. The lowest BCUT2D eigenvalue weighted by atomic mass is 9.95. The zero-order valence-corrected chi connectivity index (χ0v) is 23.2. The zero-order chi connectivity index (χ0) is 28.7. The van der Waals surface area contributed by atoms with E-state index in [0.717, 1.165) is 40.0 Å². The summed E-state index contributed by atoms with van der Waals surface area (Å²) < 4.78 is 65.3. The SMILES string of the molecule is C=C(C=NC)/C(=C\C)N=C(C)c1ccccc1P.CCC1=CC(c2ccc(C(C)(F)F)cc2C(F)(F)F)=N1. The number of benzene rings is 2. The van der Waals surface area contributed by atoms with E-state index in [1.165, 1.54) is 6.08 Å². The highest BCUT2D eigenvalue weighted by molar-refractivity contribution is 7.27. The topological polar surface area (TPSA) is 37.1 Å². The van der Waals surface area contributed by atoms with Crippen molar-refractivity contribution >= 4 is 32.2 Å². The maximum atomic E-state index is 13.2. The van der Waals surface area contributed by atoms with Gasteiger partial charge in [-0.05, 0) is 37.7 Å². The van der Waals surface area contributed by atoms with Crippen molar-refractivity contribution in [2.45, 2.75) is 46.2 Å². The number of rotatable bonds is 7. The van der Waals surface area contributed by atoms with Crippen LogP contribution in [0.2, 0.25) is 0 Å². The van der Waals surface area contributed by atoms with Gasteiger partial charge in [0.1, 0.15) is 0 Å². The molecule has 38 heavy (non-hydrogen) atoms. The van der Waals surface area contributed by atoms with Gasteiger partial charge in [0.25, 0.3) is 5.92 Å². The van der Waals surface area contributed by atoms with Crippen molar-refractivity contribution in [3.8, 4) is 0 Å². The second-order valence-corrected chi connectivity index (χ2v) is 9.13. The lowest BCUT2D eigenvalue weighted by molar-refractivity contribution is -0.137. The van der Waals surface area contributed by atoms with Crippen LogP contribution in [0.1, 0.15) is 56.4 Å². The molecular weight excluding hydrogens is 516 g/mol. The number of hydrogen-bond donors (Lipinski definition) is 0. The standard InChI is InChI=1S/C15H19N2P.C14H12F5N/c1-5-14(11(2)10-16-4)17-12(3)13-8-6-7-9-15(13)18;1-3-9-7-12(20-9)10-5-4-8(13(2,15)16)6-11(10)14(17,18)19/h5-10H,2,18H2,1,3-4H3;4-7H,3H2,1-2H3/b14-5+,16-10?,17-12?;. The van der Waals surface area contributed by atoms with E-state index >= 15 is 0 Å². The molecule has 1 aliphatic heterocycles. The Labute approximate surface area is 222 Å². The van der Waals surface area contributed by atoms with E-state index in [-0.39, 0.29) is 11.3 Å². The third-order valence-corrected chi connectivity index (χ3v) is 6.07. The molecule has 0 radical (unpaired) electrons. The van der Waals surface area contributed by atoms with Crippen molar-refractivity contribution in [1.29, 1.82) is 0 Å². The quantitative estimate of drug-likeness (QED) is 0.146. The Morgan fingerprint density at radius 1 is 1.11 bits per heavy atom. The first-order valence-electron chi connectivity index (χ1n) is 11.8. The van der Waals surface area contributed by atoms with Crippen LogP contribution in [0, 0.1) is 0 Å². The van der Waals surface area contributed by atoms with E-state index in [1.807, 2.05) is 39.0 Å². The van der Waals surface area contributed by atoms with Crippen molar-refractivity contribution in [3.05, 3.63) is 100 Å². The van der Waals surface area contributed by atoms with Crippen LogP contribution < -0.4 is 5.30 Å². The predicted octanol–water partition coefficient (Wildman–Crippen LogP) is 8.07. The minimum Gasteiger partial charge on any atom is -0.296 e. The number of aliphatic imine (C=N–C) groups is 3. The summed E-state index contributed by atoms with van der Waals surface area (Å²) in [5, 5.41) is 1.14. The summed E-state index contributed by atoms with van der Waals surface area (Å²) in [6.45, 7) is 10.3. The molecule has 1 atom stereocenters. The lowest BCUT2D eigenvalue weighted by Gasteiger charge is -2.20. The molecule has 1 heterocycles. The van der Waals surface area contributed by atoms with Gasteiger partial charge in [0, 0.05) is 53.9 Å². The largest absolute Gasteiger partial charge is 0.417 e. The van der Waals surface area contributed by atoms with Crippen LogP contribution in [0.25, 0.3) is 0 Å². The van der Waals surface area contributed by atoms with Gasteiger partial charge < -0.3 is 0 Å². The first kappa shape index (κ1) is 31.0. The molecule has 0 fully saturated rings. The second kappa shape index (κ2) is 13.0. The fourth-order valence-electron chi connectivity index (χ4n) is 3.52. The normalized spacial score (nSPS) is 14.4. The highest BCUT2D eigenvalue weighted by atomic mass is 31.0. The summed E-state index contributed by atoms with van der Waals surface area (Å²) in [5.41, 5.74) is 2.74. The van der Waals surface area contributed by atoms with Crippen molar-refractivity contribution in [3.63, 3.8) is 0 Å². The Balaban J connectivity index is 0.000000269. The monoisotopic (exact) mass is 547 g/mol. The van der Waals surface area contributed by atoms with Crippen molar-refractivity contribution in [2.75, 3.05) is 7.05 Å². The minimum atomic E-state index is -4.70. The average Bonchev–Trinajstić information content (AvgIpc) is 2.81. The molecule has 1 unspecified atom stereocenters. The molecule has 3 nitrogen and oxygen atoms in total. The summed E-state index contributed by atoms with van der Waals surface area (Å²) in [6, 6.07) is 10.7. The molecule has 1 aliphatic rings. The fraction of sp³-hybridized carbons (Fsp3) is 0.276. The molecular formula is C29H31F5N3P. The third kappa shape index (κ3) is 8.12. The van der Waals surface area contributed by atoms with Crippen molar-refractivity contribution < 1.29 is 22.0 Å². The molecule has 2 aromatic rings. The molecule has 0 saturated heterocycles. The van der Waals surface area contributed by atoms with Gasteiger partial charge in [0.15, 0.2) is 0 Å². The summed E-state index contributed by atoms with van der Waals surface area (Å²) >= 11 is 0. The molecule has 0 saturated carbocycles. The van der Waals surface area contributed by atoms with E-state index in [4.69, 9.17) is 0 Å². The predicted molar refractivity (Wildman–Crippen MR) is 151 cm³/mol. The first-order chi connectivity index (χ1) is 17.7. The van der Waals surface area contributed by atoms with Crippen LogP contribution in [0.3, 0.4) is 0 Å². The molecule has 9 heteroatoms. The minimum absolute atomic E-state index is 0.164. The maximum absolute atomic E-state index is 13.2. The van der Waals surface area contributed by atoms with Gasteiger partial charge in [-0.25, -0.2) is 8.78 Å². The summed E-state index contributed by atoms with van der Waals surface area (Å²) in [5.74, 6) is -3.32. The Morgan fingerprint density at radius 3 is 2.24 bits per heavy atom. The average molecular weight is 548 g/mol. The van der Waals surface area contributed by atoms with Crippen LogP contribution in [-0.2, 0) is 12.1 Å². The number of alkyl halides is 5. The molecule has 0 spiro atoms. The zero-order valence-electron chi connectivity index (χ0n) is 22.0. The summed E-state index contributed by atoms with van der Waals surface area (Å²) in [6.07, 6.45) is 1.12. The van der Waals surface area contributed by atoms with Crippen LogP contribution in [-0.4, -0.2) is 24.7 Å². The maximum Gasteiger partial charge on any atom is 0.417 e. The molecule has 0 N–H and O–H groups in total. The summed E-state index contributed by atoms with van der Waals surface area (Å²) in [4.78, 5) is 12.5. The number of allylic oxidation sites excluding steroid dienone is 4. The third-order valence-electron chi connectivity index (χ3n) is 5.56. The van der Waals surface area contributed by atoms with Gasteiger partial charge in [-0.1, -0.05) is 56.0 Å². The van der Waals surface area contributed by atoms with Gasteiger partial charge in [0.05, 0.1) is 17.0 Å². The Hall–Kier alpha value is -3.25. The first-order valence-corrected chi connectivity index (χ1v) is 12.4. The molecule has 0 amide bonds. The smallest absolute Gasteiger partial charge is 0.296 e. The van der Waals surface area contributed by atoms with E-state index in [2.05, 4.69) is 42.9 Å². The van der Waals surface area contributed by atoms with Gasteiger partial charge in [0.2, 0.25) is 0 Å². The molecule has 0 bridgehead atoms. The van der Waals surface area contributed by atoms with Crippen LogP contribution in [0.15, 0.2) is 93.1 Å². The molecule has 0 aliphatic carbocycles. The molecule has 202 valence electrons. The Bertz CT molecular complexity index is 1330. The van der Waals surface area contributed by atoms with Crippen LogP contribution >= 0.6 is 9.24 Å².